The quantitative estimate of drug-likeness (QED) is 0.812. The van der Waals surface area contributed by atoms with Gasteiger partial charge in [-0.2, -0.15) is 0 Å². The van der Waals surface area contributed by atoms with Crippen LogP contribution in [0.25, 0.3) is 6.08 Å². The summed E-state index contributed by atoms with van der Waals surface area (Å²) in [4.78, 5) is 16.6. The maximum Gasteiger partial charge on any atom is 0.227 e. The van der Waals surface area contributed by atoms with Gasteiger partial charge in [0.2, 0.25) is 5.91 Å². The third-order valence-electron chi connectivity index (χ3n) is 4.59. The van der Waals surface area contributed by atoms with E-state index in [4.69, 9.17) is 0 Å². The predicted molar refractivity (Wildman–Crippen MR) is 102 cm³/mol. The van der Waals surface area contributed by atoms with Crippen LogP contribution in [0, 0.1) is 0 Å². The molecule has 1 saturated heterocycles. The number of amides is 1. The van der Waals surface area contributed by atoms with Crippen LogP contribution >= 0.6 is 0 Å². The van der Waals surface area contributed by atoms with Crippen molar-refractivity contribution in [1.82, 2.24) is 9.80 Å². The second kappa shape index (κ2) is 8.54. The Bertz CT molecular complexity index is 766. The summed E-state index contributed by atoms with van der Waals surface area (Å²) in [7, 11) is 0. The number of nitrogens with zero attached hydrogens (tertiary/aromatic N) is 2. The Hall–Kier alpha value is -2.79. The zero-order valence-electron chi connectivity index (χ0n) is 14.7. The number of phenols is 2. The predicted octanol–water partition coefficient (Wildman–Crippen LogP) is 2.50. The van der Waals surface area contributed by atoms with E-state index in [0.717, 1.165) is 19.6 Å². The maximum atomic E-state index is 12.4. The third kappa shape index (κ3) is 4.86. The summed E-state index contributed by atoms with van der Waals surface area (Å²) >= 11 is 0. The average Bonchev–Trinajstić information content (AvgIpc) is 2.66. The van der Waals surface area contributed by atoms with E-state index in [2.05, 4.69) is 29.2 Å². The molecule has 2 aromatic rings. The molecule has 1 amide bonds. The molecule has 0 spiro atoms. The normalized spacial score (nSPS) is 15.5. The molecule has 1 aliphatic heterocycles. The van der Waals surface area contributed by atoms with Crippen molar-refractivity contribution in [3.63, 3.8) is 0 Å². The molecule has 26 heavy (non-hydrogen) atoms. The van der Waals surface area contributed by atoms with Gasteiger partial charge < -0.3 is 15.1 Å². The number of hydrogen-bond donors (Lipinski definition) is 2. The summed E-state index contributed by atoms with van der Waals surface area (Å²) < 4.78 is 0. The van der Waals surface area contributed by atoms with Crippen LogP contribution in [0.15, 0.2) is 54.6 Å². The average molecular weight is 352 g/mol. The zero-order valence-corrected chi connectivity index (χ0v) is 14.7. The molecule has 136 valence electrons. The highest BCUT2D eigenvalue weighted by Gasteiger charge is 2.20. The molecule has 0 radical (unpaired) electrons. The highest BCUT2D eigenvalue weighted by atomic mass is 16.3. The van der Waals surface area contributed by atoms with Crippen molar-refractivity contribution in [3.8, 4) is 11.5 Å². The fraction of sp³-hybridized carbons (Fsp3) is 0.286. The Labute approximate surface area is 153 Å². The molecule has 5 nitrogen and oxygen atoms in total. The van der Waals surface area contributed by atoms with Crippen molar-refractivity contribution >= 4 is 12.0 Å². The largest absolute Gasteiger partial charge is 0.504 e. The van der Waals surface area contributed by atoms with E-state index in [1.165, 1.54) is 17.7 Å². The molecule has 0 unspecified atom stereocenters. The number of rotatable bonds is 5. The number of benzene rings is 2. The summed E-state index contributed by atoms with van der Waals surface area (Å²) in [6.45, 7) is 4.00. The highest BCUT2D eigenvalue weighted by molar-refractivity contribution is 5.79. The number of carbonyl (C=O) groups is 1. The van der Waals surface area contributed by atoms with Crippen LogP contribution in [0.1, 0.15) is 11.1 Å². The Balaban J connectivity index is 1.44. The van der Waals surface area contributed by atoms with Crippen LogP contribution in [-0.2, 0) is 11.2 Å². The number of phenolic OH excluding ortho intramolecular Hbond substituents is 2. The lowest BCUT2D eigenvalue weighted by Gasteiger charge is -2.34. The molecule has 1 heterocycles. The zero-order chi connectivity index (χ0) is 18.4. The molecule has 0 saturated carbocycles. The van der Waals surface area contributed by atoms with E-state index in [-0.39, 0.29) is 23.8 Å². The molecule has 0 aromatic heterocycles. The van der Waals surface area contributed by atoms with Crippen molar-refractivity contribution in [2.24, 2.45) is 0 Å². The van der Waals surface area contributed by atoms with Crippen molar-refractivity contribution in [1.29, 1.82) is 0 Å². The fourth-order valence-electron chi connectivity index (χ4n) is 3.05. The second-order valence-corrected chi connectivity index (χ2v) is 6.49. The lowest BCUT2D eigenvalue weighted by atomic mass is 10.1. The second-order valence-electron chi connectivity index (χ2n) is 6.49. The molecular weight excluding hydrogens is 328 g/mol. The van der Waals surface area contributed by atoms with Crippen molar-refractivity contribution in [2.45, 2.75) is 6.42 Å². The van der Waals surface area contributed by atoms with Crippen LogP contribution in [0.3, 0.4) is 0 Å². The maximum absolute atomic E-state index is 12.4. The van der Waals surface area contributed by atoms with E-state index in [1.54, 1.807) is 6.07 Å². The monoisotopic (exact) mass is 352 g/mol. The summed E-state index contributed by atoms with van der Waals surface area (Å²) in [6, 6.07) is 14.7. The molecular formula is C21H24N2O3. The molecule has 2 N–H and O–H groups in total. The number of piperazine rings is 1. The summed E-state index contributed by atoms with van der Waals surface area (Å²) in [6.07, 6.45) is 4.52. The van der Waals surface area contributed by atoms with Crippen LogP contribution in [0.4, 0.5) is 0 Å². The lowest BCUT2D eigenvalue weighted by Crippen LogP contribution is -2.49. The molecule has 0 atom stereocenters. The minimum atomic E-state index is -0.190. The SMILES string of the molecule is O=C(Cc1ccc(O)c(O)c1)N1CCN(C/C=C/c2ccccc2)CC1. The Morgan fingerprint density at radius 1 is 0.962 bits per heavy atom. The molecule has 0 bridgehead atoms. The Morgan fingerprint density at radius 2 is 1.69 bits per heavy atom. The lowest BCUT2D eigenvalue weighted by molar-refractivity contribution is -0.132. The van der Waals surface area contributed by atoms with Gasteiger partial charge in [0.15, 0.2) is 11.5 Å². The summed E-state index contributed by atoms with van der Waals surface area (Å²) in [5.74, 6) is -0.307. The molecule has 3 rings (SSSR count). The fourth-order valence-corrected chi connectivity index (χ4v) is 3.05. The summed E-state index contributed by atoms with van der Waals surface area (Å²) in [5.41, 5.74) is 1.90. The first kappa shape index (κ1) is 18.0. The van der Waals surface area contributed by atoms with Gasteiger partial charge in [0.05, 0.1) is 6.42 Å². The van der Waals surface area contributed by atoms with Crippen molar-refractivity contribution in [2.75, 3.05) is 32.7 Å². The molecule has 1 aliphatic rings. The van der Waals surface area contributed by atoms with E-state index in [9.17, 15) is 15.0 Å². The Morgan fingerprint density at radius 3 is 2.38 bits per heavy atom. The highest BCUT2D eigenvalue weighted by Crippen LogP contribution is 2.25. The molecule has 5 heteroatoms. The number of hydrogen-bond acceptors (Lipinski definition) is 4. The van der Waals surface area contributed by atoms with E-state index < -0.39 is 0 Å². The van der Waals surface area contributed by atoms with E-state index >= 15 is 0 Å². The first-order valence-corrected chi connectivity index (χ1v) is 8.84. The van der Waals surface area contributed by atoms with Gasteiger partial charge in [0, 0.05) is 32.7 Å². The van der Waals surface area contributed by atoms with Crippen LogP contribution in [0.5, 0.6) is 11.5 Å². The van der Waals surface area contributed by atoms with Gasteiger partial charge in [-0.15, -0.1) is 0 Å². The minimum absolute atomic E-state index is 0.0505. The Kier molecular flexibility index (Phi) is 5.92. The standard InChI is InChI=1S/C21H24N2O3/c24-19-9-8-18(15-20(19)25)16-21(26)23-13-11-22(12-14-23)10-4-7-17-5-2-1-3-6-17/h1-9,15,24-25H,10-14,16H2/b7-4+. The van der Waals surface area contributed by atoms with Gasteiger partial charge in [-0.25, -0.2) is 0 Å². The van der Waals surface area contributed by atoms with Crippen molar-refractivity contribution < 1.29 is 15.0 Å². The van der Waals surface area contributed by atoms with Crippen molar-refractivity contribution in [3.05, 3.63) is 65.7 Å². The molecule has 2 aromatic carbocycles. The first-order chi connectivity index (χ1) is 12.6. The first-order valence-electron chi connectivity index (χ1n) is 8.84. The smallest absolute Gasteiger partial charge is 0.227 e. The van der Waals surface area contributed by atoms with Gasteiger partial charge in [-0.3, -0.25) is 9.69 Å². The van der Waals surface area contributed by atoms with Crippen LogP contribution in [0.2, 0.25) is 0 Å². The number of aromatic hydroxyl groups is 2. The van der Waals surface area contributed by atoms with Gasteiger partial charge in [0.1, 0.15) is 0 Å². The topological polar surface area (TPSA) is 64.0 Å². The van der Waals surface area contributed by atoms with Gasteiger partial charge in [-0.1, -0.05) is 48.6 Å². The van der Waals surface area contributed by atoms with E-state index in [0.29, 0.717) is 18.7 Å². The molecule has 1 fully saturated rings. The summed E-state index contributed by atoms with van der Waals surface area (Å²) in [5, 5.41) is 18.9. The van der Waals surface area contributed by atoms with Gasteiger partial charge in [0.25, 0.3) is 0 Å². The van der Waals surface area contributed by atoms with Crippen LogP contribution in [-0.4, -0.2) is 58.6 Å². The van der Waals surface area contributed by atoms with Crippen LogP contribution < -0.4 is 0 Å². The van der Waals surface area contributed by atoms with Gasteiger partial charge >= 0.3 is 0 Å². The molecule has 0 aliphatic carbocycles. The minimum Gasteiger partial charge on any atom is -0.504 e. The van der Waals surface area contributed by atoms with Gasteiger partial charge in [-0.05, 0) is 23.3 Å². The number of carbonyl (C=O) groups excluding carboxylic acids is 1. The third-order valence-corrected chi connectivity index (χ3v) is 4.59. The van der Waals surface area contributed by atoms with E-state index in [1.807, 2.05) is 23.1 Å².